The Morgan fingerprint density at radius 1 is 1.07 bits per heavy atom. The first-order chi connectivity index (χ1) is 13.5. The minimum absolute atomic E-state index is 0.0734. The van der Waals surface area contributed by atoms with Gasteiger partial charge in [-0.3, -0.25) is 9.69 Å². The molecular weight excluding hydrogens is 348 g/mol. The molecular formula is C23H28N4O. The highest BCUT2D eigenvalue weighted by molar-refractivity contribution is 5.94. The summed E-state index contributed by atoms with van der Waals surface area (Å²) in [6.45, 7) is 7.74. The number of aromatic nitrogens is 2. The number of rotatable bonds is 7. The predicted octanol–water partition coefficient (Wildman–Crippen LogP) is 3.95. The SMILES string of the molecule is Cc1ccnn1-c1ccc(C(=O)NCc2ccccc2CN(C)C(C)C)cc1. The van der Waals surface area contributed by atoms with E-state index in [4.69, 9.17) is 0 Å². The summed E-state index contributed by atoms with van der Waals surface area (Å²) in [6, 6.07) is 18.2. The molecule has 0 unspecified atom stereocenters. The molecule has 1 aromatic heterocycles. The third kappa shape index (κ3) is 4.67. The molecule has 0 saturated carbocycles. The fraction of sp³-hybridized carbons (Fsp3) is 0.304. The first kappa shape index (κ1) is 19.8. The van der Waals surface area contributed by atoms with Crippen LogP contribution in [0.25, 0.3) is 5.69 Å². The molecule has 0 aliphatic carbocycles. The van der Waals surface area contributed by atoms with Gasteiger partial charge in [-0.2, -0.15) is 5.10 Å². The fourth-order valence-electron chi connectivity index (χ4n) is 3.01. The summed E-state index contributed by atoms with van der Waals surface area (Å²) in [4.78, 5) is 14.9. The molecule has 0 radical (unpaired) electrons. The standard InChI is InChI=1S/C23H28N4O/c1-17(2)26(4)16-21-8-6-5-7-20(21)15-24-23(28)19-9-11-22(12-10-19)27-18(3)13-14-25-27/h5-14,17H,15-16H2,1-4H3,(H,24,28). The van der Waals surface area contributed by atoms with Crippen molar-refractivity contribution in [3.05, 3.63) is 83.2 Å². The second kappa shape index (κ2) is 8.85. The molecule has 5 nitrogen and oxygen atoms in total. The maximum Gasteiger partial charge on any atom is 0.251 e. The number of carbonyl (C=O) groups is 1. The van der Waals surface area contributed by atoms with Crippen molar-refractivity contribution >= 4 is 5.91 Å². The van der Waals surface area contributed by atoms with Gasteiger partial charge in [0.15, 0.2) is 0 Å². The van der Waals surface area contributed by atoms with E-state index in [2.05, 4.69) is 48.3 Å². The Kier molecular flexibility index (Phi) is 6.26. The molecule has 3 aromatic rings. The first-order valence-electron chi connectivity index (χ1n) is 9.62. The summed E-state index contributed by atoms with van der Waals surface area (Å²) in [5.74, 6) is -0.0734. The first-order valence-corrected chi connectivity index (χ1v) is 9.62. The van der Waals surface area contributed by atoms with E-state index in [0.29, 0.717) is 18.2 Å². The second-order valence-electron chi connectivity index (χ2n) is 7.39. The highest BCUT2D eigenvalue weighted by Gasteiger charge is 2.10. The van der Waals surface area contributed by atoms with Gasteiger partial charge < -0.3 is 5.32 Å². The lowest BCUT2D eigenvalue weighted by atomic mass is 10.1. The van der Waals surface area contributed by atoms with Crippen molar-refractivity contribution in [3.63, 3.8) is 0 Å². The number of carbonyl (C=O) groups excluding carboxylic acids is 1. The van der Waals surface area contributed by atoms with Crippen molar-refractivity contribution in [2.24, 2.45) is 0 Å². The summed E-state index contributed by atoms with van der Waals surface area (Å²) in [6.07, 6.45) is 1.77. The van der Waals surface area contributed by atoms with Gasteiger partial charge in [-0.05, 0) is 69.3 Å². The lowest BCUT2D eigenvalue weighted by Gasteiger charge is -2.22. The minimum atomic E-state index is -0.0734. The molecule has 1 heterocycles. The van der Waals surface area contributed by atoms with E-state index >= 15 is 0 Å². The van der Waals surface area contributed by atoms with Crippen molar-refractivity contribution in [2.75, 3.05) is 7.05 Å². The summed E-state index contributed by atoms with van der Waals surface area (Å²) in [5.41, 5.74) is 5.03. The molecule has 0 saturated heterocycles. The van der Waals surface area contributed by atoms with Crippen LogP contribution in [0.3, 0.4) is 0 Å². The summed E-state index contributed by atoms with van der Waals surface area (Å²) < 4.78 is 1.85. The van der Waals surface area contributed by atoms with Crippen molar-refractivity contribution in [1.29, 1.82) is 0 Å². The highest BCUT2D eigenvalue weighted by atomic mass is 16.1. The number of aryl methyl sites for hydroxylation is 1. The molecule has 0 fully saturated rings. The average molecular weight is 377 g/mol. The molecule has 1 N–H and O–H groups in total. The van der Waals surface area contributed by atoms with E-state index in [1.165, 1.54) is 5.56 Å². The Labute approximate surface area is 167 Å². The largest absolute Gasteiger partial charge is 0.348 e. The van der Waals surface area contributed by atoms with Crippen molar-refractivity contribution in [3.8, 4) is 5.69 Å². The summed E-state index contributed by atoms with van der Waals surface area (Å²) in [7, 11) is 2.11. The molecule has 3 rings (SSSR count). The van der Waals surface area contributed by atoms with Crippen LogP contribution in [0, 0.1) is 6.92 Å². The number of hydrogen-bond donors (Lipinski definition) is 1. The molecule has 28 heavy (non-hydrogen) atoms. The molecule has 5 heteroatoms. The van der Waals surface area contributed by atoms with Crippen LogP contribution in [0.4, 0.5) is 0 Å². The Morgan fingerprint density at radius 3 is 2.36 bits per heavy atom. The van der Waals surface area contributed by atoms with Crippen molar-refractivity contribution < 1.29 is 4.79 Å². The van der Waals surface area contributed by atoms with Gasteiger partial charge in [-0.15, -0.1) is 0 Å². The molecule has 0 bridgehead atoms. The third-order valence-corrected chi connectivity index (χ3v) is 5.07. The zero-order valence-corrected chi connectivity index (χ0v) is 17.0. The summed E-state index contributed by atoms with van der Waals surface area (Å²) in [5, 5.41) is 7.34. The smallest absolute Gasteiger partial charge is 0.251 e. The number of hydrogen-bond acceptors (Lipinski definition) is 3. The van der Waals surface area contributed by atoms with Crippen LogP contribution >= 0.6 is 0 Å². The van der Waals surface area contributed by atoms with Gasteiger partial charge in [-0.25, -0.2) is 4.68 Å². The summed E-state index contributed by atoms with van der Waals surface area (Å²) >= 11 is 0. The average Bonchev–Trinajstić information content (AvgIpc) is 3.13. The molecule has 2 aromatic carbocycles. The van der Waals surface area contributed by atoms with Crippen LogP contribution in [0.15, 0.2) is 60.8 Å². The lowest BCUT2D eigenvalue weighted by Crippen LogP contribution is -2.27. The molecule has 0 spiro atoms. The number of nitrogens with one attached hydrogen (secondary N) is 1. The highest BCUT2D eigenvalue weighted by Crippen LogP contribution is 2.14. The predicted molar refractivity (Wildman–Crippen MR) is 113 cm³/mol. The third-order valence-electron chi connectivity index (χ3n) is 5.07. The van der Waals surface area contributed by atoms with Gasteiger partial charge >= 0.3 is 0 Å². The van der Waals surface area contributed by atoms with Gasteiger partial charge in [-0.1, -0.05) is 24.3 Å². The molecule has 1 amide bonds. The van der Waals surface area contributed by atoms with Crippen LogP contribution in [-0.4, -0.2) is 33.7 Å². The van der Waals surface area contributed by atoms with Crippen molar-refractivity contribution in [1.82, 2.24) is 20.0 Å². The van der Waals surface area contributed by atoms with E-state index in [0.717, 1.165) is 23.5 Å². The maximum atomic E-state index is 12.6. The Balaban J connectivity index is 1.65. The van der Waals surface area contributed by atoms with Crippen LogP contribution < -0.4 is 5.32 Å². The zero-order valence-electron chi connectivity index (χ0n) is 17.0. The number of amides is 1. The van der Waals surface area contributed by atoms with E-state index in [1.54, 1.807) is 6.20 Å². The topological polar surface area (TPSA) is 50.2 Å². The van der Waals surface area contributed by atoms with Gasteiger partial charge in [0.05, 0.1) is 5.69 Å². The molecule has 0 aliphatic rings. The van der Waals surface area contributed by atoms with Gasteiger partial charge in [0.25, 0.3) is 5.91 Å². The molecule has 0 aliphatic heterocycles. The Bertz CT molecular complexity index is 928. The monoisotopic (exact) mass is 376 g/mol. The molecule has 0 atom stereocenters. The van der Waals surface area contributed by atoms with Crippen LogP contribution in [0.2, 0.25) is 0 Å². The number of nitrogens with zero attached hydrogens (tertiary/aromatic N) is 3. The maximum absolute atomic E-state index is 12.6. The quantitative estimate of drug-likeness (QED) is 0.679. The number of benzene rings is 2. The second-order valence-corrected chi connectivity index (χ2v) is 7.39. The van der Waals surface area contributed by atoms with Gasteiger partial charge in [0, 0.05) is 36.6 Å². The Hall–Kier alpha value is -2.92. The minimum Gasteiger partial charge on any atom is -0.348 e. The van der Waals surface area contributed by atoms with Gasteiger partial charge in [0.1, 0.15) is 0 Å². The fourth-order valence-corrected chi connectivity index (χ4v) is 3.01. The van der Waals surface area contributed by atoms with E-state index in [1.807, 2.05) is 54.1 Å². The van der Waals surface area contributed by atoms with Crippen LogP contribution in [0.1, 0.15) is 41.0 Å². The van der Waals surface area contributed by atoms with Crippen LogP contribution in [-0.2, 0) is 13.1 Å². The normalized spacial score (nSPS) is 11.2. The van der Waals surface area contributed by atoms with E-state index < -0.39 is 0 Å². The van der Waals surface area contributed by atoms with Crippen molar-refractivity contribution in [2.45, 2.75) is 39.9 Å². The van der Waals surface area contributed by atoms with Crippen LogP contribution in [0.5, 0.6) is 0 Å². The Morgan fingerprint density at radius 2 is 1.75 bits per heavy atom. The van der Waals surface area contributed by atoms with Gasteiger partial charge in [0.2, 0.25) is 0 Å². The zero-order chi connectivity index (χ0) is 20.1. The lowest BCUT2D eigenvalue weighted by molar-refractivity contribution is 0.0950. The molecule has 146 valence electrons. The van der Waals surface area contributed by atoms with E-state index in [-0.39, 0.29) is 5.91 Å². The van der Waals surface area contributed by atoms with E-state index in [9.17, 15) is 4.79 Å².